The molecule has 1 fully saturated rings. The number of nitrogens with one attached hydrogen (secondary N) is 1. The molecule has 1 heterocycles. The molecule has 1 aliphatic heterocycles. The number of carboxylic acids is 1. The van der Waals surface area contributed by atoms with Crippen LogP contribution in [0.4, 0.5) is 4.79 Å². The van der Waals surface area contributed by atoms with Crippen molar-refractivity contribution in [3.05, 3.63) is 0 Å². The monoisotopic (exact) mass is 303 g/mol. The number of piperazine rings is 1. The molecule has 0 saturated carbocycles. The minimum Gasteiger partial charge on any atom is -0.480 e. The summed E-state index contributed by atoms with van der Waals surface area (Å²) in [6, 6.07) is -0.575. The SMILES string of the molecule is CSCCC(NC(=O)N1CCN(C(C)C)CC1)C(=O)O. The number of carbonyl (C=O) groups is 2. The second-order valence-electron chi connectivity index (χ2n) is 5.24. The highest BCUT2D eigenvalue weighted by molar-refractivity contribution is 7.98. The summed E-state index contributed by atoms with van der Waals surface area (Å²) in [7, 11) is 0. The lowest BCUT2D eigenvalue weighted by Crippen LogP contribution is -2.55. The Balaban J connectivity index is 2.43. The first-order valence-corrected chi connectivity index (χ1v) is 8.36. The third-order valence-corrected chi connectivity index (χ3v) is 4.18. The topological polar surface area (TPSA) is 72.9 Å². The Bertz CT molecular complexity index is 331. The quantitative estimate of drug-likeness (QED) is 0.763. The molecule has 2 amide bonds. The standard InChI is InChI=1S/C13H25N3O3S/c1-10(2)15-5-7-16(8-6-15)13(19)14-11(12(17)18)4-9-20-3/h10-11H,4-9H2,1-3H3,(H,14,19)(H,17,18). The van der Waals surface area contributed by atoms with Crippen molar-refractivity contribution < 1.29 is 14.7 Å². The molecule has 1 aliphatic rings. The minimum absolute atomic E-state index is 0.262. The molecule has 1 atom stereocenters. The lowest BCUT2D eigenvalue weighted by atomic mass is 10.2. The van der Waals surface area contributed by atoms with Crippen molar-refractivity contribution in [1.82, 2.24) is 15.1 Å². The zero-order chi connectivity index (χ0) is 15.1. The molecule has 0 radical (unpaired) electrons. The Morgan fingerprint density at radius 1 is 1.25 bits per heavy atom. The lowest BCUT2D eigenvalue weighted by molar-refractivity contribution is -0.139. The molecule has 1 unspecified atom stereocenters. The third kappa shape index (κ3) is 5.20. The van der Waals surface area contributed by atoms with E-state index in [0.717, 1.165) is 18.8 Å². The number of thioether (sulfide) groups is 1. The van der Waals surface area contributed by atoms with Crippen molar-refractivity contribution in [3.8, 4) is 0 Å². The second-order valence-corrected chi connectivity index (χ2v) is 6.22. The highest BCUT2D eigenvalue weighted by atomic mass is 32.2. The van der Waals surface area contributed by atoms with E-state index in [2.05, 4.69) is 24.1 Å². The zero-order valence-electron chi connectivity index (χ0n) is 12.5. The summed E-state index contributed by atoms with van der Waals surface area (Å²) in [6.07, 6.45) is 2.38. The Morgan fingerprint density at radius 2 is 1.85 bits per heavy atom. The summed E-state index contributed by atoms with van der Waals surface area (Å²) in [6.45, 7) is 7.26. The molecule has 0 aromatic heterocycles. The van der Waals surface area contributed by atoms with Crippen LogP contribution in [-0.2, 0) is 4.79 Å². The van der Waals surface area contributed by atoms with E-state index in [0.29, 0.717) is 25.6 Å². The van der Waals surface area contributed by atoms with Gasteiger partial charge in [-0.1, -0.05) is 0 Å². The smallest absolute Gasteiger partial charge is 0.326 e. The van der Waals surface area contributed by atoms with Gasteiger partial charge in [-0.25, -0.2) is 9.59 Å². The fraction of sp³-hybridized carbons (Fsp3) is 0.846. The zero-order valence-corrected chi connectivity index (χ0v) is 13.3. The van der Waals surface area contributed by atoms with Gasteiger partial charge in [0.25, 0.3) is 0 Å². The number of carboxylic acid groups (broad SMARTS) is 1. The number of nitrogens with zero attached hydrogens (tertiary/aromatic N) is 2. The maximum atomic E-state index is 12.1. The molecule has 0 aromatic carbocycles. The molecule has 7 heteroatoms. The van der Waals surface area contributed by atoms with Crippen molar-refractivity contribution in [2.45, 2.75) is 32.4 Å². The van der Waals surface area contributed by atoms with Crippen LogP contribution < -0.4 is 5.32 Å². The molecule has 6 nitrogen and oxygen atoms in total. The van der Waals surface area contributed by atoms with Gasteiger partial charge >= 0.3 is 12.0 Å². The van der Waals surface area contributed by atoms with Crippen molar-refractivity contribution in [2.75, 3.05) is 38.2 Å². The number of carbonyl (C=O) groups excluding carboxylic acids is 1. The van der Waals surface area contributed by atoms with E-state index in [1.165, 1.54) is 0 Å². The van der Waals surface area contributed by atoms with E-state index in [1.54, 1.807) is 16.7 Å². The molecule has 1 saturated heterocycles. The normalized spacial score (nSPS) is 18.1. The summed E-state index contributed by atoms with van der Waals surface area (Å²) in [5.74, 6) is -0.244. The van der Waals surface area contributed by atoms with Crippen LogP contribution in [0.3, 0.4) is 0 Å². The van der Waals surface area contributed by atoms with Gasteiger partial charge in [0.1, 0.15) is 6.04 Å². The van der Waals surface area contributed by atoms with Gasteiger partial charge < -0.3 is 15.3 Å². The second kappa shape index (κ2) is 8.36. The van der Waals surface area contributed by atoms with Gasteiger partial charge in [0.15, 0.2) is 0 Å². The number of aliphatic carboxylic acids is 1. The summed E-state index contributed by atoms with van der Waals surface area (Å²) >= 11 is 1.58. The average molecular weight is 303 g/mol. The number of amides is 2. The molecule has 1 rings (SSSR count). The summed E-state index contributed by atoms with van der Waals surface area (Å²) < 4.78 is 0. The molecular weight excluding hydrogens is 278 g/mol. The molecule has 116 valence electrons. The van der Waals surface area contributed by atoms with E-state index in [4.69, 9.17) is 5.11 Å². The molecule has 2 N–H and O–H groups in total. The van der Waals surface area contributed by atoms with Gasteiger partial charge in [0.05, 0.1) is 0 Å². The van der Waals surface area contributed by atoms with Crippen LogP contribution in [0.25, 0.3) is 0 Å². The van der Waals surface area contributed by atoms with Crippen molar-refractivity contribution in [3.63, 3.8) is 0 Å². The molecule has 0 bridgehead atoms. The van der Waals surface area contributed by atoms with Gasteiger partial charge in [0.2, 0.25) is 0 Å². The molecule has 0 spiro atoms. The van der Waals surface area contributed by atoms with Crippen LogP contribution in [0.1, 0.15) is 20.3 Å². The van der Waals surface area contributed by atoms with Crippen molar-refractivity contribution in [1.29, 1.82) is 0 Å². The molecular formula is C13H25N3O3S. The van der Waals surface area contributed by atoms with E-state index < -0.39 is 12.0 Å². The van der Waals surface area contributed by atoms with Gasteiger partial charge in [-0.15, -0.1) is 0 Å². The highest BCUT2D eigenvalue weighted by Gasteiger charge is 2.26. The average Bonchev–Trinajstić information content (AvgIpc) is 2.42. The van der Waals surface area contributed by atoms with Crippen molar-refractivity contribution >= 4 is 23.8 Å². The maximum absolute atomic E-state index is 12.1. The Labute approximate surface area is 124 Å². The van der Waals surface area contributed by atoms with E-state index >= 15 is 0 Å². The minimum atomic E-state index is -0.965. The summed E-state index contributed by atoms with van der Waals surface area (Å²) in [5.41, 5.74) is 0. The third-order valence-electron chi connectivity index (χ3n) is 3.54. The molecule has 0 aromatic rings. The first-order chi connectivity index (χ1) is 9.45. The van der Waals surface area contributed by atoms with Crippen LogP contribution in [0, 0.1) is 0 Å². The van der Waals surface area contributed by atoms with Crippen LogP contribution in [0.5, 0.6) is 0 Å². The largest absolute Gasteiger partial charge is 0.480 e. The summed E-state index contributed by atoms with van der Waals surface area (Å²) in [4.78, 5) is 27.2. The number of urea groups is 1. The predicted octanol–water partition coefficient (Wildman–Crippen LogP) is 0.928. The van der Waals surface area contributed by atoms with Gasteiger partial charge in [0, 0.05) is 32.2 Å². The van der Waals surface area contributed by atoms with Crippen LogP contribution in [0.2, 0.25) is 0 Å². The highest BCUT2D eigenvalue weighted by Crippen LogP contribution is 2.07. The van der Waals surface area contributed by atoms with Crippen LogP contribution in [-0.4, -0.2) is 77.2 Å². The van der Waals surface area contributed by atoms with Crippen molar-refractivity contribution in [2.24, 2.45) is 0 Å². The van der Waals surface area contributed by atoms with Gasteiger partial charge in [-0.3, -0.25) is 4.90 Å². The number of rotatable bonds is 6. The van der Waals surface area contributed by atoms with Gasteiger partial charge in [-0.05, 0) is 32.3 Å². The van der Waals surface area contributed by atoms with E-state index in [-0.39, 0.29) is 6.03 Å². The Morgan fingerprint density at radius 3 is 2.30 bits per heavy atom. The number of hydrogen-bond donors (Lipinski definition) is 2. The Kier molecular flexibility index (Phi) is 7.15. The van der Waals surface area contributed by atoms with E-state index in [9.17, 15) is 9.59 Å². The lowest BCUT2D eigenvalue weighted by Gasteiger charge is -2.37. The maximum Gasteiger partial charge on any atom is 0.326 e. The Hall–Kier alpha value is -0.950. The fourth-order valence-corrected chi connectivity index (χ4v) is 2.65. The number of hydrogen-bond acceptors (Lipinski definition) is 4. The van der Waals surface area contributed by atoms with Crippen LogP contribution >= 0.6 is 11.8 Å². The van der Waals surface area contributed by atoms with Gasteiger partial charge in [-0.2, -0.15) is 11.8 Å². The summed E-state index contributed by atoms with van der Waals surface area (Å²) in [5, 5.41) is 11.7. The molecule has 0 aliphatic carbocycles. The predicted molar refractivity (Wildman–Crippen MR) is 81.2 cm³/mol. The first kappa shape index (κ1) is 17.1. The molecule has 20 heavy (non-hydrogen) atoms. The first-order valence-electron chi connectivity index (χ1n) is 6.97. The van der Waals surface area contributed by atoms with E-state index in [1.807, 2.05) is 6.26 Å². The fourth-order valence-electron chi connectivity index (χ4n) is 2.17. The van der Waals surface area contributed by atoms with Crippen LogP contribution in [0.15, 0.2) is 0 Å².